The highest BCUT2D eigenvalue weighted by Crippen LogP contribution is 2.25. The third-order valence-electron chi connectivity index (χ3n) is 2.92. The Morgan fingerprint density at radius 3 is 3.00 bits per heavy atom. The van der Waals surface area contributed by atoms with Gasteiger partial charge in [-0.05, 0) is 19.8 Å². The number of imidazole rings is 1. The molecule has 90 valence electrons. The van der Waals surface area contributed by atoms with E-state index in [-0.39, 0.29) is 6.61 Å². The maximum absolute atomic E-state index is 9.05. The molecule has 0 aromatic carbocycles. The lowest BCUT2D eigenvalue weighted by molar-refractivity contribution is 0.0699. The number of ether oxygens (including phenoxy) is 1. The molecule has 1 aliphatic heterocycles. The molecule has 0 radical (unpaired) electrons. The molecule has 0 saturated carbocycles. The Bertz CT molecular complexity index is 354. The van der Waals surface area contributed by atoms with E-state index >= 15 is 0 Å². The van der Waals surface area contributed by atoms with Gasteiger partial charge in [-0.1, -0.05) is 11.8 Å². The Morgan fingerprint density at radius 1 is 1.62 bits per heavy atom. The van der Waals surface area contributed by atoms with Crippen LogP contribution in [0.1, 0.15) is 25.5 Å². The van der Waals surface area contributed by atoms with Gasteiger partial charge in [0.1, 0.15) is 0 Å². The smallest absolute Gasteiger partial charge is 0.168 e. The summed E-state index contributed by atoms with van der Waals surface area (Å²) in [5, 5.41) is 10.0. The SMILES string of the molecule is CC1CCC(CSc2ncc(CO)n2C)O1. The molecule has 2 atom stereocenters. The van der Waals surface area contributed by atoms with E-state index < -0.39 is 0 Å². The van der Waals surface area contributed by atoms with Gasteiger partial charge in [-0.25, -0.2) is 4.98 Å². The first-order valence-corrected chi connectivity index (χ1v) is 6.59. The molecule has 0 spiro atoms. The minimum absolute atomic E-state index is 0.0427. The van der Waals surface area contributed by atoms with Crippen molar-refractivity contribution in [1.29, 1.82) is 0 Å². The van der Waals surface area contributed by atoms with Gasteiger partial charge in [-0.3, -0.25) is 0 Å². The molecule has 1 saturated heterocycles. The Hall–Kier alpha value is -0.520. The zero-order valence-electron chi connectivity index (χ0n) is 9.72. The van der Waals surface area contributed by atoms with Crippen molar-refractivity contribution in [1.82, 2.24) is 9.55 Å². The topological polar surface area (TPSA) is 47.3 Å². The predicted octanol–water partition coefficient (Wildman–Crippen LogP) is 1.57. The third-order valence-corrected chi connectivity index (χ3v) is 4.10. The summed E-state index contributed by atoms with van der Waals surface area (Å²) in [6.07, 6.45) is 4.79. The Labute approximate surface area is 100 Å². The van der Waals surface area contributed by atoms with Crippen LogP contribution in [0, 0.1) is 0 Å². The number of thioether (sulfide) groups is 1. The number of aliphatic hydroxyl groups is 1. The van der Waals surface area contributed by atoms with Crippen LogP contribution in [0.25, 0.3) is 0 Å². The molecule has 0 amide bonds. The highest BCUT2D eigenvalue weighted by atomic mass is 32.2. The molecule has 1 aromatic rings. The normalized spacial score (nSPS) is 25.2. The second-order valence-electron chi connectivity index (χ2n) is 4.21. The lowest BCUT2D eigenvalue weighted by Crippen LogP contribution is -2.11. The van der Waals surface area contributed by atoms with E-state index in [1.165, 1.54) is 0 Å². The largest absolute Gasteiger partial charge is 0.390 e. The summed E-state index contributed by atoms with van der Waals surface area (Å²) in [6, 6.07) is 0. The van der Waals surface area contributed by atoms with Crippen molar-refractivity contribution in [3.05, 3.63) is 11.9 Å². The Balaban J connectivity index is 1.87. The highest BCUT2D eigenvalue weighted by Gasteiger charge is 2.22. The summed E-state index contributed by atoms with van der Waals surface area (Å²) < 4.78 is 7.68. The van der Waals surface area contributed by atoms with E-state index in [0.29, 0.717) is 12.2 Å². The summed E-state index contributed by atoms with van der Waals surface area (Å²) in [4.78, 5) is 4.28. The van der Waals surface area contributed by atoms with E-state index in [1.54, 1.807) is 18.0 Å². The number of aromatic nitrogens is 2. The Morgan fingerprint density at radius 2 is 2.44 bits per heavy atom. The van der Waals surface area contributed by atoms with Crippen LogP contribution in [0.15, 0.2) is 11.4 Å². The van der Waals surface area contributed by atoms with Crippen molar-refractivity contribution >= 4 is 11.8 Å². The van der Waals surface area contributed by atoms with Crippen LogP contribution in [0.2, 0.25) is 0 Å². The van der Waals surface area contributed by atoms with Gasteiger partial charge in [0.2, 0.25) is 0 Å². The van der Waals surface area contributed by atoms with Crippen molar-refractivity contribution in [3.8, 4) is 0 Å². The first-order valence-electron chi connectivity index (χ1n) is 5.60. The lowest BCUT2D eigenvalue weighted by Gasteiger charge is -2.10. The van der Waals surface area contributed by atoms with Crippen LogP contribution in [0.5, 0.6) is 0 Å². The average molecular weight is 242 g/mol. The van der Waals surface area contributed by atoms with Crippen LogP contribution in [-0.4, -0.2) is 32.6 Å². The molecule has 2 rings (SSSR count). The fourth-order valence-corrected chi connectivity index (χ4v) is 2.90. The molecule has 2 unspecified atom stereocenters. The molecule has 4 nitrogen and oxygen atoms in total. The summed E-state index contributed by atoms with van der Waals surface area (Å²) >= 11 is 1.70. The second-order valence-corrected chi connectivity index (χ2v) is 5.19. The lowest BCUT2D eigenvalue weighted by atomic mass is 10.2. The van der Waals surface area contributed by atoms with Gasteiger partial charge in [0.25, 0.3) is 0 Å². The van der Waals surface area contributed by atoms with Gasteiger partial charge in [0.05, 0.1) is 30.7 Å². The van der Waals surface area contributed by atoms with Gasteiger partial charge in [0.15, 0.2) is 5.16 Å². The molecular weight excluding hydrogens is 224 g/mol. The molecular formula is C11H18N2O2S. The fraction of sp³-hybridized carbons (Fsp3) is 0.727. The van der Waals surface area contributed by atoms with Crippen LogP contribution in [0.4, 0.5) is 0 Å². The molecule has 0 aliphatic carbocycles. The first kappa shape index (κ1) is 12.0. The van der Waals surface area contributed by atoms with Crippen LogP contribution in [0.3, 0.4) is 0 Å². The van der Waals surface area contributed by atoms with E-state index in [0.717, 1.165) is 29.4 Å². The van der Waals surface area contributed by atoms with Crippen molar-refractivity contribution < 1.29 is 9.84 Å². The minimum Gasteiger partial charge on any atom is -0.390 e. The van der Waals surface area contributed by atoms with Gasteiger partial charge in [0, 0.05) is 12.8 Å². The van der Waals surface area contributed by atoms with Crippen molar-refractivity contribution in [2.45, 2.75) is 43.7 Å². The summed E-state index contributed by atoms with van der Waals surface area (Å²) in [5.41, 5.74) is 0.850. The van der Waals surface area contributed by atoms with E-state index in [4.69, 9.17) is 9.84 Å². The van der Waals surface area contributed by atoms with Gasteiger partial charge < -0.3 is 14.4 Å². The maximum atomic E-state index is 9.05. The van der Waals surface area contributed by atoms with E-state index in [9.17, 15) is 0 Å². The predicted molar refractivity (Wildman–Crippen MR) is 63.4 cm³/mol. The van der Waals surface area contributed by atoms with E-state index in [2.05, 4.69) is 11.9 Å². The fourth-order valence-electron chi connectivity index (χ4n) is 1.88. The number of hydrogen-bond acceptors (Lipinski definition) is 4. The zero-order valence-corrected chi connectivity index (χ0v) is 10.5. The summed E-state index contributed by atoms with van der Waals surface area (Å²) in [7, 11) is 1.93. The van der Waals surface area contributed by atoms with Crippen LogP contribution in [-0.2, 0) is 18.4 Å². The summed E-state index contributed by atoms with van der Waals surface area (Å²) in [5.74, 6) is 0.945. The first-order chi connectivity index (χ1) is 7.70. The molecule has 1 N–H and O–H groups in total. The second kappa shape index (κ2) is 5.21. The van der Waals surface area contributed by atoms with Crippen molar-refractivity contribution in [2.75, 3.05) is 5.75 Å². The molecule has 16 heavy (non-hydrogen) atoms. The maximum Gasteiger partial charge on any atom is 0.168 e. The minimum atomic E-state index is 0.0427. The van der Waals surface area contributed by atoms with Gasteiger partial charge in [-0.15, -0.1) is 0 Å². The zero-order chi connectivity index (χ0) is 11.5. The number of nitrogens with zero attached hydrogens (tertiary/aromatic N) is 2. The van der Waals surface area contributed by atoms with Crippen molar-refractivity contribution in [3.63, 3.8) is 0 Å². The van der Waals surface area contributed by atoms with Gasteiger partial charge in [-0.2, -0.15) is 0 Å². The van der Waals surface area contributed by atoms with Gasteiger partial charge >= 0.3 is 0 Å². The molecule has 1 aliphatic rings. The highest BCUT2D eigenvalue weighted by molar-refractivity contribution is 7.99. The van der Waals surface area contributed by atoms with Crippen LogP contribution < -0.4 is 0 Å². The molecule has 5 heteroatoms. The number of hydrogen-bond donors (Lipinski definition) is 1. The molecule has 1 fully saturated rings. The van der Waals surface area contributed by atoms with E-state index in [1.807, 2.05) is 11.6 Å². The average Bonchev–Trinajstić information content (AvgIpc) is 2.83. The molecule has 2 heterocycles. The number of aliphatic hydroxyl groups excluding tert-OH is 1. The monoisotopic (exact) mass is 242 g/mol. The van der Waals surface area contributed by atoms with Crippen LogP contribution >= 0.6 is 11.8 Å². The standard InChI is InChI=1S/C11H18N2O2S/c1-8-3-4-10(15-8)7-16-11-12-5-9(6-14)13(11)2/h5,8,10,14H,3-4,6-7H2,1-2H3. The van der Waals surface area contributed by atoms with Crippen molar-refractivity contribution in [2.24, 2.45) is 7.05 Å². The third kappa shape index (κ3) is 2.59. The Kier molecular flexibility index (Phi) is 3.89. The molecule has 1 aromatic heterocycles. The quantitative estimate of drug-likeness (QED) is 0.814. The molecule has 0 bridgehead atoms. The summed E-state index contributed by atoms with van der Waals surface area (Å²) in [6.45, 7) is 2.16. The number of rotatable bonds is 4.